The van der Waals surface area contributed by atoms with Crippen molar-refractivity contribution in [1.29, 1.82) is 0 Å². The van der Waals surface area contributed by atoms with E-state index in [9.17, 15) is 19.2 Å². The summed E-state index contributed by atoms with van der Waals surface area (Å²) in [6, 6.07) is -3.05. The molecule has 1 aliphatic rings. The fourth-order valence-electron chi connectivity index (χ4n) is 2.43. The first kappa shape index (κ1) is 25.6. The van der Waals surface area contributed by atoms with Gasteiger partial charge in [0.1, 0.15) is 17.7 Å². The van der Waals surface area contributed by atoms with Crippen LogP contribution in [0.15, 0.2) is 0 Å². The van der Waals surface area contributed by atoms with Crippen molar-refractivity contribution in [3.63, 3.8) is 0 Å². The van der Waals surface area contributed by atoms with Gasteiger partial charge < -0.3 is 34.9 Å². The Bertz CT molecular complexity index is 605. The Hall–Kier alpha value is -2.40. The molecule has 1 aliphatic heterocycles. The van der Waals surface area contributed by atoms with E-state index in [1.807, 2.05) is 0 Å². The van der Waals surface area contributed by atoms with Gasteiger partial charge in [0.05, 0.1) is 20.3 Å². The normalized spacial score (nSPS) is 25.0. The van der Waals surface area contributed by atoms with Crippen molar-refractivity contribution in [3.05, 3.63) is 0 Å². The lowest BCUT2D eigenvalue weighted by atomic mass is 10.2. The second-order valence-corrected chi connectivity index (χ2v) is 7.87. The van der Waals surface area contributed by atoms with Crippen LogP contribution >= 0.6 is 0 Å². The molecule has 0 aliphatic carbocycles. The molecule has 30 heavy (non-hydrogen) atoms. The number of methoxy groups -OCH3 is 1. The Labute approximate surface area is 176 Å². The Morgan fingerprint density at radius 3 is 2.20 bits per heavy atom. The highest BCUT2D eigenvalue weighted by Crippen LogP contribution is 2.07. The quantitative estimate of drug-likeness (QED) is 0.514. The number of carbonyl (C=O) groups excluding carboxylic acids is 4. The zero-order valence-electron chi connectivity index (χ0n) is 18.2. The molecule has 0 spiro atoms. The van der Waals surface area contributed by atoms with Gasteiger partial charge in [0.15, 0.2) is 6.04 Å². The second-order valence-electron chi connectivity index (χ2n) is 7.87. The molecule has 3 N–H and O–H groups in total. The molecule has 3 amide bonds. The van der Waals surface area contributed by atoms with Crippen LogP contribution in [0, 0.1) is 0 Å². The maximum absolute atomic E-state index is 12.6. The molecule has 0 saturated carbocycles. The lowest BCUT2D eigenvalue weighted by Gasteiger charge is -2.24. The average Bonchev–Trinajstić information content (AvgIpc) is 2.65. The van der Waals surface area contributed by atoms with Gasteiger partial charge in [0.25, 0.3) is 0 Å². The number of amides is 3. The lowest BCUT2D eigenvalue weighted by Crippen LogP contribution is -2.56. The molecule has 3 atom stereocenters. The van der Waals surface area contributed by atoms with Crippen molar-refractivity contribution in [2.45, 2.75) is 64.3 Å². The Morgan fingerprint density at radius 1 is 1.03 bits per heavy atom. The molecule has 0 aromatic carbocycles. The number of nitrogens with one attached hydrogen (secondary N) is 3. The molecule has 1 fully saturated rings. The highest BCUT2D eigenvalue weighted by molar-refractivity contribution is 5.92. The molecule has 11 heteroatoms. The maximum atomic E-state index is 12.6. The van der Waals surface area contributed by atoms with E-state index in [2.05, 4.69) is 20.7 Å². The summed E-state index contributed by atoms with van der Waals surface area (Å²) >= 11 is 0. The molecule has 0 aromatic heterocycles. The van der Waals surface area contributed by atoms with Gasteiger partial charge in [-0.15, -0.1) is 0 Å². The molecule has 0 bridgehead atoms. The van der Waals surface area contributed by atoms with Crippen LogP contribution in [-0.4, -0.2) is 81.1 Å². The molecule has 0 radical (unpaired) electrons. The Balaban J connectivity index is 2.87. The molecular formula is C19H33N3O8. The Kier molecular flexibility index (Phi) is 10.5. The van der Waals surface area contributed by atoms with Crippen LogP contribution in [0.1, 0.15) is 40.5 Å². The zero-order chi connectivity index (χ0) is 22.7. The largest absolute Gasteiger partial charge is 0.467 e. The van der Waals surface area contributed by atoms with Gasteiger partial charge in [-0.1, -0.05) is 0 Å². The number of esters is 1. The van der Waals surface area contributed by atoms with E-state index >= 15 is 0 Å². The number of ether oxygens (including phenoxy) is 4. The zero-order valence-corrected chi connectivity index (χ0v) is 18.2. The molecule has 1 heterocycles. The predicted molar refractivity (Wildman–Crippen MR) is 106 cm³/mol. The van der Waals surface area contributed by atoms with Crippen LogP contribution in [0.25, 0.3) is 0 Å². The summed E-state index contributed by atoms with van der Waals surface area (Å²) < 4.78 is 20.8. The highest BCUT2D eigenvalue weighted by Gasteiger charge is 2.29. The maximum Gasteiger partial charge on any atom is 0.408 e. The van der Waals surface area contributed by atoms with Gasteiger partial charge in [-0.2, -0.15) is 0 Å². The third kappa shape index (κ3) is 9.88. The van der Waals surface area contributed by atoms with Crippen molar-refractivity contribution in [2.24, 2.45) is 0 Å². The number of hydrogen-bond donors (Lipinski definition) is 3. The number of carbonyl (C=O) groups is 4. The number of hydrogen-bond acceptors (Lipinski definition) is 8. The van der Waals surface area contributed by atoms with Gasteiger partial charge in [0.2, 0.25) is 11.8 Å². The van der Waals surface area contributed by atoms with Crippen LogP contribution in [0.2, 0.25) is 0 Å². The monoisotopic (exact) mass is 431 g/mol. The van der Waals surface area contributed by atoms with Crippen LogP contribution < -0.4 is 16.0 Å². The standard InChI is InChI=1S/C19H33N3O8/c1-12-15(23)21-14(17(25)27-5)11-29-9-7-6-8-28-10-13(16(24)20-12)22-18(26)30-19(2,3)4/h12-14H,6-11H2,1-5H3,(H,20,24)(H,21,23)(H,22,26)/t12-,13-,14-/m0/s1. The van der Waals surface area contributed by atoms with Crippen molar-refractivity contribution in [1.82, 2.24) is 16.0 Å². The fourth-order valence-corrected chi connectivity index (χ4v) is 2.43. The lowest BCUT2D eigenvalue weighted by molar-refractivity contribution is -0.147. The van der Waals surface area contributed by atoms with Crippen molar-refractivity contribution >= 4 is 23.9 Å². The van der Waals surface area contributed by atoms with E-state index < -0.39 is 47.6 Å². The van der Waals surface area contributed by atoms with Crippen LogP contribution in [0.3, 0.4) is 0 Å². The minimum Gasteiger partial charge on any atom is -0.467 e. The van der Waals surface area contributed by atoms with E-state index in [0.29, 0.717) is 26.1 Å². The van der Waals surface area contributed by atoms with Crippen LogP contribution in [0.4, 0.5) is 4.79 Å². The molecule has 172 valence electrons. The van der Waals surface area contributed by atoms with E-state index in [0.717, 1.165) is 0 Å². The second kappa shape index (κ2) is 12.3. The molecule has 0 aromatic rings. The van der Waals surface area contributed by atoms with E-state index in [1.165, 1.54) is 14.0 Å². The van der Waals surface area contributed by atoms with Gasteiger partial charge in [-0.25, -0.2) is 9.59 Å². The number of rotatable bonds is 2. The number of alkyl carbamates (subject to hydrolysis) is 1. The minimum absolute atomic E-state index is 0.0528. The first-order valence-corrected chi connectivity index (χ1v) is 9.87. The van der Waals surface area contributed by atoms with Crippen LogP contribution in [-0.2, 0) is 33.3 Å². The summed E-state index contributed by atoms with van der Waals surface area (Å²) in [6.45, 7) is 7.11. The highest BCUT2D eigenvalue weighted by atomic mass is 16.6. The van der Waals surface area contributed by atoms with Crippen molar-refractivity contribution in [2.75, 3.05) is 33.5 Å². The summed E-state index contributed by atoms with van der Waals surface area (Å²) in [5.74, 6) is -1.88. The summed E-state index contributed by atoms with van der Waals surface area (Å²) in [5, 5.41) is 7.46. The Morgan fingerprint density at radius 2 is 1.63 bits per heavy atom. The van der Waals surface area contributed by atoms with Crippen molar-refractivity contribution < 1.29 is 38.1 Å². The average molecular weight is 431 g/mol. The first-order chi connectivity index (χ1) is 14.0. The van der Waals surface area contributed by atoms with E-state index in [-0.39, 0.29) is 13.2 Å². The molecular weight excluding hydrogens is 398 g/mol. The third-order valence-corrected chi connectivity index (χ3v) is 3.96. The fraction of sp³-hybridized carbons (Fsp3) is 0.789. The van der Waals surface area contributed by atoms with Gasteiger partial charge in [0, 0.05) is 13.2 Å². The van der Waals surface area contributed by atoms with E-state index in [1.54, 1.807) is 20.8 Å². The summed E-state index contributed by atoms with van der Waals surface area (Å²) in [4.78, 5) is 49.0. The molecule has 1 saturated heterocycles. The van der Waals surface area contributed by atoms with Crippen LogP contribution in [0.5, 0.6) is 0 Å². The smallest absolute Gasteiger partial charge is 0.408 e. The SMILES string of the molecule is COC(=O)[C@@H]1COCCCCOC[C@H](NC(=O)OC(C)(C)C)C(=O)N[C@@H](C)C(=O)N1. The predicted octanol–water partition coefficient (Wildman–Crippen LogP) is -0.131. The molecule has 11 nitrogen and oxygen atoms in total. The van der Waals surface area contributed by atoms with Gasteiger partial charge in [-0.05, 0) is 40.5 Å². The minimum atomic E-state index is -1.06. The molecule has 0 unspecified atom stereocenters. The van der Waals surface area contributed by atoms with Gasteiger partial charge in [-0.3, -0.25) is 9.59 Å². The topological polar surface area (TPSA) is 141 Å². The first-order valence-electron chi connectivity index (χ1n) is 9.87. The summed E-state index contributed by atoms with van der Waals surface area (Å²) in [5.41, 5.74) is -0.739. The van der Waals surface area contributed by atoms with Gasteiger partial charge >= 0.3 is 12.1 Å². The van der Waals surface area contributed by atoms with Crippen molar-refractivity contribution in [3.8, 4) is 0 Å². The summed E-state index contributed by atoms with van der Waals surface area (Å²) in [6.07, 6.45) is 0.515. The third-order valence-electron chi connectivity index (χ3n) is 3.96. The van der Waals surface area contributed by atoms with E-state index in [4.69, 9.17) is 14.2 Å². The molecule has 1 rings (SSSR count). The summed E-state index contributed by atoms with van der Waals surface area (Å²) in [7, 11) is 1.21.